The van der Waals surface area contributed by atoms with Gasteiger partial charge in [-0.05, 0) is 41.7 Å². The molecule has 0 bridgehead atoms. The van der Waals surface area contributed by atoms with Gasteiger partial charge in [0.15, 0.2) is 0 Å². The molecule has 3 nitrogen and oxygen atoms in total. The first kappa shape index (κ1) is 13.0. The molecule has 0 saturated carbocycles. The van der Waals surface area contributed by atoms with E-state index in [0.717, 1.165) is 29.7 Å². The molecular formula is C12H12F2N2OS. The monoisotopic (exact) mass is 270 g/mol. The molecule has 0 amide bonds. The number of aliphatic hydroxyl groups excluding tert-OH is 1. The molecule has 1 aromatic heterocycles. The summed E-state index contributed by atoms with van der Waals surface area (Å²) in [4.78, 5) is 0.612. The van der Waals surface area contributed by atoms with Gasteiger partial charge in [-0.15, -0.1) is 5.10 Å². The van der Waals surface area contributed by atoms with Gasteiger partial charge in [-0.2, -0.15) is 0 Å². The van der Waals surface area contributed by atoms with Gasteiger partial charge >= 0.3 is 0 Å². The average Bonchev–Trinajstić information content (AvgIpc) is 2.82. The number of nitrogens with zero attached hydrogens (tertiary/aromatic N) is 2. The smallest absolute Gasteiger partial charge is 0.126 e. The molecule has 0 aliphatic rings. The zero-order valence-corrected chi connectivity index (χ0v) is 10.5. The van der Waals surface area contributed by atoms with Crippen LogP contribution in [0.3, 0.4) is 0 Å². The molecule has 96 valence electrons. The second-order valence-electron chi connectivity index (χ2n) is 3.89. The lowest BCUT2D eigenvalue weighted by Crippen LogP contribution is -2.04. The zero-order chi connectivity index (χ0) is 13.1. The van der Waals surface area contributed by atoms with E-state index in [9.17, 15) is 13.9 Å². The molecule has 1 N–H and O–H groups in total. The summed E-state index contributed by atoms with van der Waals surface area (Å²) in [5.74, 6) is -1.04. The average molecular weight is 270 g/mol. The quantitative estimate of drug-likeness (QED) is 0.929. The van der Waals surface area contributed by atoms with Crippen molar-refractivity contribution in [1.82, 2.24) is 9.59 Å². The number of aryl methyl sites for hydroxylation is 1. The van der Waals surface area contributed by atoms with Crippen molar-refractivity contribution in [2.75, 3.05) is 0 Å². The summed E-state index contributed by atoms with van der Waals surface area (Å²) in [6.07, 6.45) is -0.245. The van der Waals surface area contributed by atoms with E-state index in [-0.39, 0.29) is 12.0 Å². The predicted octanol–water partition coefficient (Wildman–Crippen LogP) is 2.65. The highest BCUT2D eigenvalue weighted by molar-refractivity contribution is 7.05. The van der Waals surface area contributed by atoms with Crippen LogP contribution in [0.2, 0.25) is 0 Å². The molecule has 0 spiro atoms. The third-order valence-electron chi connectivity index (χ3n) is 2.64. The Balaban J connectivity index is 2.21. The Labute approximate surface area is 107 Å². The molecule has 18 heavy (non-hydrogen) atoms. The fourth-order valence-electron chi connectivity index (χ4n) is 1.71. The van der Waals surface area contributed by atoms with Gasteiger partial charge in [0.05, 0.1) is 16.7 Å². The topological polar surface area (TPSA) is 46.0 Å². The molecule has 1 atom stereocenters. The molecule has 0 aliphatic carbocycles. The third-order valence-corrected chi connectivity index (χ3v) is 3.51. The minimum atomic E-state index is -0.906. The van der Waals surface area contributed by atoms with Crippen LogP contribution < -0.4 is 0 Å². The maximum atomic E-state index is 13.4. The van der Waals surface area contributed by atoms with Crippen molar-refractivity contribution in [2.45, 2.75) is 25.9 Å². The van der Waals surface area contributed by atoms with Gasteiger partial charge in [0, 0.05) is 6.42 Å². The van der Waals surface area contributed by atoms with E-state index >= 15 is 0 Å². The van der Waals surface area contributed by atoms with Crippen molar-refractivity contribution in [3.05, 3.63) is 46.0 Å². The molecule has 1 heterocycles. The Morgan fingerprint density at radius 2 is 2.17 bits per heavy atom. The van der Waals surface area contributed by atoms with Crippen molar-refractivity contribution >= 4 is 11.5 Å². The first-order valence-corrected chi connectivity index (χ1v) is 6.32. The van der Waals surface area contributed by atoms with Crippen LogP contribution in [0.4, 0.5) is 8.78 Å². The summed E-state index contributed by atoms with van der Waals surface area (Å²) in [6.45, 7) is 1.90. The highest BCUT2D eigenvalue weighted by Crippen LogP contribution is 2.25. The van der Waals surface area contributed by atoms with Gasteiger partial charge in [-0.25, -0.2) is 8.78 Å². The lowest BCUT2D eigenvalue weighted by molar-refractivity contribution is 0.179. The Hall–Kier alpha value is -1.40. The molecule has 1 aromatic carbocycles. The van der Waals surface area contributed by atoms with Crippen LogP contribution in [0.1, 0.15) is 29.2 Å². The molecule has 2 aromatic rings. The number of benzene rings is 1. The van der Waals surface area contributed by atoms with E-state index in [2.05, 4.69) is 9.59 Å². The molecule has 0 saturated heterocycles. The van der Waals surface area contributed by atoms with E-state index in [1.165, 1.54) is 0 Å². The number of aromatic nitrogens is 2. The summed E-state index contributed by atoms with van der Waals surface area (Å²) >= 11 is 1.08. The summed E-state index contributed by atoms with van der Waals surface area (Å²) in [5, 5.41) is 13.9. The SMILES string of the molecule is CCc1nnsc1C(O)Cc1cc(F)ccc1F. The Morgan fingerprint density at radius 1 is 1.39 bits per heavy atom. The minimum absolute atomic E-state index is 0.0144. The van der Waals surface area contributed by atoms with Gasteiger partial charge in [0.1, 0.15) is 11.6 Å². The highest BCUT2D eigenvalue weighted by Gasteiger charge is 2.18. The fraction of sp³-hybridized carbons (Fsp3) is 0.333. The Kier molecular flexibility index (Phi) is 3.98. The first-order valence-electron chi connectivity index (χ1n) is 5.55. The van der Waals surface area contributed by atoms with Crippen molar-refractivity contribution in [3.8, 4) is 0 Å². The van der Waals surface area contributed by atoms with Crippen LogP contribution in [0.25, 0.3) is 0 Å². The summed E-state index contributed by atoms with van der Waals surface area (Å²) in [7, 11) is 0. The van der Waals surface area contributed by atoms with Crippen LogP contribution in [-0.2, 0) is 12.8 Å². The molecular weight excluding hydrogens is 258 g/mol. The molecule has 0 fully saturated rings. The number of rotatable bonds is 4. The molecule has 6 heteroatoms. The van der Waals surface area contributed by atoms with E-state index in [0.29, 0.717) is 17.0 Å². The van der Waals surface area contributed by atoms with E-state index in [1.807, 2.05) is 6.92 Å². The number of hydrogen-bond donors (Lipinski definition) is 1. The molecule has 0 aliphatic heterocycles. The fourth-order valence-corrected chi connectivity index (χ4v) is 2.44. The van der Waals surface area contributed by atoms with Crippen LogP contribution in [0.5, 0.6) is 0 Å². The lowest BCUT2D eigenvalue weighted by Gasteiger charge is -2.10. The van der Waals surface area contributed by atoms with E-state index < -0.39 is 17.7 Å². The second-order valence-corrected chi connectivity index (χ2v) is 4.68. The maximum absolute atomic E-state index is 13.4. The Bertz CT molecular complexity index is 545. The normalized spacial score (nSPS) is 12.7. The largest absolute Gasteiger partial charge is 0.387 e. The van der Waals surface area contributed by atoms with Gasteiger partial charge < -0.3 is 5.11 Å². The standard InChI is InChI=1S/C12H12F2N2OS/c1-2-10-12(18-16-15-10)11(17)6-7-5-8(13)3-4-9(7)14/h3-5,11,17H,2,6H2,1H3. The van der Waals surface area contributed by atoms with Crippen molar-refractivity contribution < 1.29 is 13.9 Å². The number of halogens is 2. The van der Waals surface area contributed by atoms with Gasteiger partial charge in [0.25, 0.3) is 0 Å². The minimum Gasteiger partial charge on any atom is -0.387 e. The number of hydrogen-bond acceptors (Lipinski definition) is 4. The van der Waals surface area contributed by atoms with E-state index in [1.54, 1.807) is 0 Å². The van der Waals surface area contributed by atoms with Crippen LogP contribution in [-0.4, -0.2) is 14.7 Å². The van der Waals surface area contributed by atoms with Crippen LogP contribution in [0.15, 0.2) is 18.2 Å². The predicted molar refractivity (Wildman–Crippen MR) is 64.3 cm³/mol. The molecule has 1 unspecified atom stereocenters. The summed E-state index contributed by atoms with van der Waals surface area (Å²) in [5.41, 5.74) is 0.849. The van der Waals surface area contributed by atoms with Gasteiger partial charge in [0.2, 0.25) is 0 Å². The summed E-state index contributed by atoms with van der Waals surface area (Å²) < 4.78 is 30.2. The Morgan fingerprint density at radius 3 is 2.89 bits per heavy atom. The highest BCUT2D eigenvalue weighted by atomic mass is 32.1. The van der Waals surface area contributed by atoms with Gasteiger partial charge in [-0.3, -0.25) is 0 Å². The summed E-state index contributed by atoms with van der Waals surface area (Å²) in [6, 6.07) is 3.21. The third kappa shape index (κ3) is 2.70. The van der Waals surface area contributed by atoms with Crippen LogP contribution >= 0.6 is 11.5 Å². The number of aliphatic hydroxyl groups is 1. The van der Waals surface area contributed by atoms with Crippen molar-refractivity contribution in [1.29, 1.82) is 0 Å². The zero-order valence-electron chi connectivity index (χ0n) is 9.73. The second kappa shape index (κ2) is 5.49. The van der Waals surface area contributed by atoms with Crippen molar-refractivity contribution in [2.24, 2.45) is 0 Å². The van der Waals surface area contributed by atoms with E-state index in [4.69, 9.17) is 0 Å². The molecule has 0 radical (unpaired) electrons. The van der Waals surface area contributed by atoms with Crippen molar-refractivity contribution in [3.63, 3.8) is 0 Å². The lowest BCUT2D eigenvalue weighted by atomic mass is 10.0. The maximum Gasteiger partial charge on any atom is 0.126 e. The first-order chi connectivity index (χ1) is 8.61. The van der Waals surface area contributed by atoms with Gasteiger partial charge in [-0.1, -0.05) is 11.4 Å². The molecule has 2 rings (SSSR count). The van der Waals surface area contributed by atoms with Crippen LogP contribution in [0, 0.1) is 11.6 Å².